The van der Waals surface area contributed by atoms with Gasteiger partial charge >= 0.3 is 0 Å². The molecule has 0 radical (unpaired) electrons. The molecule has 5 heteroatoms. The monoisotopic (exact) mass is 358 g/mol. The van der Waals surface area contributed by atoms with Crippen LogP contribution < -0.4 is 4.90 Å². The van der Waals surface area contributed by atoms with Crippen LogP contribution in [0.25, 0.3) is 0 Å². The number of nitrogens with zero attached hydrogens (tertiary/aromatic N) is 2. The normalized spacial score (nSPS) is 18.4. The number of aliphatic hydroxyl groups is 1. The third kappa shape index (κ3) is 3.02. The lowest BCUT2D eigenvalue weighted by molar-refractivity contribution is -0.136. The zero-order chi connectivity index (χ0) is 18.9. The van der Waals surface area contributed by atoms with E-state index in [1.165, 1.54) is 11.1 Å². The van der Waals surface area contributed by atoms with Crippen molar-refractivity contribution in [2.45, 2.75) is 18.6 Å². The quantitative estimate of drug-likeness (QED) is 0.712. The SMILES string of the molecule is O=C(C[C@]1(O)C(=O)N(Cc2ccccc2)c2ccccc21)c1ccccn1. The molecule has 0 saturated carbocycles. The molecule has 1 amide bonds. The summed E-state index contributed by atoms with van der Waals surface area (Å²) in [7, 11) is 0. The second-order valence-electron chi connectivity index (χ2n) is 6.57. The molecule has 2 heterocycles. The van der Waals surface area contributed by atoms with Crippen LogP contribution in [0, 0.1) is 0 Å². The average molecular weight is 358 g/mol. The minimum Gasteiger partial charge on any atom is -0.375 e. The van der Waals surface area contributed by atoms with E-state index in [0.29, 0.717) is 17.8 Å². The van der Waals surface area contributed by atoms with Crippen LogP contribution in [0.4, 0.5) is 5.69 Å². The molecule has 0 aliphatic carbocycles. The number of carbonyl (C=O) groups is 2. The van der Waals surface area contributed by atoms with Crippen molar-refractivity contribution in [3.8, 4) is 0 Å². The molecule has 1 atom stereocenters. The van der Waals surface area contributed by atoms with Gasteiger partial charge in [0.1, 0.15) is 5.69 Å². The summed E-state index contributed by atoms with van der Waals surface area (Å²) in [6.45, 7) is 0.330. The Kier molecular flexibility index (Phi) is 4.30. The Bertz CT molecular complexity index is 989. The molecule has 4 rings (SSSR count). The van der Waals surface area contributed by atoms with Gasteiger partial charge in [-0.1, -0.05) is 54.6 Å². The van der Waals surface area contributed by atoms with Crippen LogP contribution in [0.1, 0.15) is 28.0 Å². The zero-order valence-corrected chi connectivity index (χ0v) is 14.6. The molecule has 134 valence electrons. The van der Waals surface area contributed by atoms with Gasteiger partial charge in [0.15, 0.2) is 11.4 Å². The van der Waals surface area contributed by atoms with Crippen LogP contribution in [0.2, 0.25) is 0 Å². The van der Waals surface area contributed by atoms with Crippen molar-refractivity contribution >= 4 is 17.4 Å². The first-order valence-electron chi connectivity index (χ1n) is 8.71. The largest absolute Gasteiger partial charge is 0.375 e. The molecular weight excluding hydrogens is 340 g/mol. The number of benzene rings is 2. The van der Waals surface area contributed by atoms with Gasteiger partial charge in [-0.3, -0.25) is 14.6 Å². The third-order valence-electron chi connectivity index (χ3n) is 4.79. The fraction of sp³-hybridized carbons (Fsp3) is 0.136. The van der Waals surface area contributed by atoms with Gasteiger partial charge in [-0.05, 0) is 23.8 Å². The number of para-hydroxylation sites is 1. The Balaban J connectivity index is 1.69. The first-order chi connectivity index (χ1) is 13.1. The van der Waals surface area contributed by atoms with E-state index in [2.05, 4.69) is 4.98 Å². The maximum atomic E-state index is 13.2. The summed E-state index contributed by atoms with van der Waals surface area (Å²) in [6.07, 6.45) is 1.18. The number of anilines is 1. The van der Waals surface area contributed by atoms with E-state index in [0.717, 1.165) is 5.56 Å². The van der Waals surface area contributed by atoms with Crippen LogP contribution in [-0.2, 0) is 16.9 Å². The summed E-state index contributed by atoms with van der Waals surface area (Å²) in [4.78, 5) is 31.4. The van der Waals surface area contributed by atoms with E-state index in [9.17, 15) is 14.7 Å². The lowest BCUT2D eigenvalue weighted by atomic mass is 9.89. The Morgan fingerprint density at radius 2 is 1.67 bits per heavy atom. The highest BCUT2D eigenvalue weighted by atomic mass is 16.3. The van der Waals surface area contributed by atoms with Crippen LogP contribution in [0.3, 0.4) is 0 Å². The Morgan fingerprint density at radius 1 is 0.963 bits per heavy atom. The molecule has 2 aromatic carbocycles. The zero-order valence-electron chi connectivity index (χ0n) is 14.6. The summed E-state index contributed by atoms with van der Waals surface area (Å²) in [5.74, 6) is -0.861. The Morgan fingerprint density at radius 3 is 2.41 bits per heavy atom. The van der Waals surface area contributed by atoms with Crippen molar-refractivity contribution in [3.63, 3.8) is 0 Å². The highest BCUT2D eigenvalue weighted by Crippen LogP contribution is 2.43. The number of hydrogen-bond donors (Lipinski definition) is 1. The Labute approximate surface area is 156 Å². The molecule has 0 spiro atoms. The molecular formula is C22H18N2O3. The molecule has 0 bridgehead atoms. The van der Waals surface area contributed by atoms with Crippen molar-refractivity contribution in [2.24, 2.45) is 0 Å². The number of rotatable bonds is 5. The predicted molar refractivity (Wildman–Crippen MR) is 101 cm³/mol. The molecule has 1 N–H and O–H groups in total. The summed E-state index contributed by atoms with van der Waals surface area (Å²) in [5, 5.41) is 11.3. The van der Waals surface area contributed by atoms with Crippen LogP contribution in [-0.4, -0.2) is 21.8 Å². The molecule has 1 aromatic heterocycles. The fourth-order valence-electron chi connectivity index (χ4n) is 3.45. The van der Waals surface area contributed by atoms with Gasteiger partial charge in [-0.25, -0.2) is 0 Å². The smallest absolute Gasteiger partial charge is 0.264 e. The summed E-state index contributed by atoms with van der Waals surface area (Å²) < 4.78 is 0. The van der Waals surface area contributed by atoms with E-state index in [1.54, 1.807) is 36.4 Å². The molecule has 1 aliphatic rings. The van der Waals surface area contributed by atoms with Crippen molar-refractivity contribution < 1.29 is 14.7 Å². The maximum absolute atomic E-state index is 13.2. The van der Waals surface area contributed by atoms with Crippen LogP contribution >= 0.6 is 0 Å². The predicted octanol–water partition coefficient (Wildman–Crippen LogP) is 3.09. The molecule has 27 heavy (non-hydrogen) atoms. The summed E-state index contributed by atoms with van der Waals surface area (Å²) in [5.41, 5.74) is 0.372. The molecule has 1 aliphatic heterocycles. The molecule has 0 unspecified atom stereocenters. The topological polar surface area (TPSA) is 70.5 Å². The number of Topliss-reactive ketones (excluding diaryl/α,β-unsaturated/α-hetero) is 1. The molecule has 5 nitrogen and oxygen atoms in total. The van der Waals surface area contributed by atoms with Crippen LogP contribution in [0.15, 0.2) is 79.0 Å². The van der Waals surface area contributed by atoms with Crippen LogP contribution in [0.5, 0.6) is 0 Å². The lowest BCUT2D eigenvalue weighted by Crippen LogP contribution is -2.41. The first kappa shape index (κ1) is 17.1. The van der Waals surface area contributed by atoms with E-state index in [-0.39, 0.29) is 17.9 Å². The van der Waals surface area contributed by atoms with Crippen molar-refractivity contribution in [1.82, 2.24) is 4.98 Å². The van der Waals surface area contributed by atoms with Gasteiger partial charge in [0.05, 0.1) is 18.7 Å². The highest BCUT2D eigenvalue weighted by molar-refractivity contribution is 6.10. The number of hydrogen-bond acceptors (Lipinski definition) is 4. The van der Waals surface area contributed by atoms with Gasteiger partial charge in [0.25, 0.3) is 5.91 Å². The van der Waals surface area contributed by atoms with E-state index in [4.69, 9.17) is 0 Å². The van der Waals surface area contributed by atoms with Gasteiger partial charge in [-0.15, -0.1) is 0 Å². The lowest BCUT2D eigenvalue weighted by Gasteiger charge is -2.22. The summed E-state index contributed by atoms with van der Waals surface area (Å²) >= 11 is 0. The number of pyridine rings is 1. The average Bonchev–Trinajstić information content (AvgIpc) is 2.92. The number of aromatic nitrogens is 1. The second-order valence-corrected chi connectivity index (χ2v) is 6.57. The molecule has 0 saturated heterocycles. The van der Waals surface area contributed by atoms with Gasteiger partial charge in [0, 0.05) is 11.8 Å². The molecule has 3 aromatic rings. The van der Waals surface area contributed by atoms with E-state index in [1.807, 2.05) is 36.4 Å². The molecule has 0 fully saturated rings. The summed E-state index contributed by atoms with van der Waals surface area (Å²) in [6, 6.07) is 21.6. The van der Waals surface area contributed by atoms with Gasteiger partial charge in [-0.2, -0.15) is 0 Å². The minimum absolute atomic E-state index is 0.234. The number of carbonyl (C=O) groups excluding carboxylic acids is 2. The minimum atomic E-state index is -1.89. The van der Waals surface area contributed by atoms with Gasteiger partial charge in [0.2, 0.25) is 0 Å². The second kappa shape index (κ2) is 6.78. The van der Waals surface area contributed by atoms with Crippen molar-refractivity contribution in [2.75, 3.05) is 4.90 Å². The first-order valence-corrected chi connectivity index (χ1v) is 8.71. The van der Waals surface area contributed by atoms with Crippen molar-refractivity contribution in [1.29, 1.82) is 0 Å². The Hall–Kier alpha value is -3.31. The van der Waals surface area contributed by atoms with Gasteiger partial charge < -0.3 is 10.0 Å². The van der Waals surface area contributed by atoms with E-state index < -0.39 is 11.5 Å². The number of ketones is 1. The third-order valence-corrected chi connectivity index (χ3v) is 4.79. The fourth-order valence-corrected chi connectivity index (χ4v) is 3.45. The highest BCUT2D eigenvalue weighted by Gasteiger charge is 2.50. The van der Waals surface area contributed by atoms with E-state index >= 15 is 0 Å². The number of amides is 1. The number of fused-ring (bicyclic) bond motifs is 1. The maximum Gasteiger partial charge on any atom is 0.264 e. The standard InChI is InChI=1S/C22H18N2O3/c25-20(18-11-6-7-13-23-18)14-22(27)17-10-4-5-12-19(17)24(21(22)26)15-16-8-2-1-3-9-16/h1-13,27H,14-15H2/t22-/m1/s1. The van der Waals surface area contributed by atoms with Crippen molar-refractivity contribution in [3.05, 3.63) is 95.8 Å².